The average molecular weight is 190 g/mol. The predicted molar refractivity (Wildman–Crippen MR) is 56.8 cm³/mol. The molecule has 0 aliphatic rings. The van der Waals surface area contributed by atoms with Gasteiger partial charge in [0.1, 0.15) is 0 Å². The van der Waals surface area contributed by atoms with Crippen molar-refractivity contribution in [1.29, 1.82) is 0 Å². The van der Waals surface area contributed by atoms with Crippen molar-refractivity contribution in [2.45, 2.75) is 32.6 Å². The first-order valence-electron chi connectivity index (χ1n) is 4.62. The molecule has 0 heterocycles. The molecule has 0 aliphatic carbocycles. The molecule has 0 rings (SSSR count). The fourth-order valence-corrected chi connectivity index (χ4v) is 1.50. The molecule has 2 heteroatoms. The molecule has 1 nitrogen and oxygen atoms in total. The minimum absolute atomic E-state index is 0.273. The fraction of sp³-hybridized carbons (Fsp3) is 0.800. The molecule has 1 atom stereocenters. The van der Waals surface area contributed by atoms with Gasteiger partial charge in [-0.25, -0.2) is 0 Å². The van der Waals surface area contributed by atoms with Gasteiger partial charge in [0.25, 0.3) is 0 Å². The van der Waals surface area contributed by atoms with Crippen LogP contribution in [0.4, 0.5) is 0 Å². The van der Waals surface area contributed by atoms with Crippen molar-refractivity contribution < 1.29 is 0 Å². The van der Waals surface area contributed by atoms with Crippen LogP contribution in [0.5, 0.6) is 0 Å². The Labute approximate surface area is 81.2 Å². The molecule has 0 radical (unpaired) electrons. The standard InChI is InChI=1S/C10H20ClN/c1-4-5-6-12-8-10(11)7-9(2)3/h4-5,9-10,12H,6-8H2,1-3H3/b5-4+. The van der Waals surface area contributed by atoms with Crippen LogP contribution in [0.25, 0.3) is 0 Å². The number of allylic oxidation sites excluding steroid dienone is 1. The molecule has 0 aromatic carbocycles. The lowest BCUT2D eigenvalue weighted by Gasteiger charge is -2.11. The first-order chi connectivity index (χ1) is 5.66. The third-order valence-corrected chi connectivity index (χ3v) is 1.92. The zero-order valence-corrected chi connectivity index (χ0v) is 9.06. The second kappa shape index (κ2) is 7.63. The van der Waals surface area contributed by atoms with Gasteiger partial charge in [-0.15, -0.1) is 11.6 Å². The number of rotatable bonds is 6. The zero-order chi connectivity index (χ0) is 9.40. The van der Waals surface area contributed by atoms with Gasteiger partial charge >= 0.3 is 0 Å². The molecule has 0 saturated heterocycles. The molecule has 0 bridgehead atoms. The van der Waals surface area contributed by atoms with Gasteiger partial charge in [-0.3, -0.25) is 0 Å². The van der Waals surface area contributed by atoms with E-state index in [1.54, 1.807) is 0 Å². The number of hydrogen-bond donors (Lipinski definition) is 1. The molecule has 0 spiro atoms. The van der Waals surface area contributed by atoms with E-state index in [2.05, 4.69) is 25.2 Å². The van der Waals surface area contributed by atoms with Crippen molar-refractivity contribution in [3.05, 3.63) is 12.2 Å². The SMILES string of the molecule is C/C=C/CNCC(Cl)CC(C)C. The molecule has 1 N–H and O–H groups in total. The van der Waals surface area contributed by atoms with Crippen molar-refractivity contribution in [1.82, 2.24) is 5.32 Å². The van der Waals surface area contributed by atoms with Gasteiger partial charge in [0.05, 0.1) is 0 Å². The van der Waals surface area contributed by atoms with Crippen molar-refractivity contribution >= 4 is 11.6 Å². The first kappa shape index (κ1) is 12.0. The molecule has 0 saturated carbocycles. The fourth-order valence-electron chi connectivity index (χ4n) is 1.04. The van der Waals surface area contributed by atoms with Crippen LogP contribution in [0.15, 0.2) is 12.2 Å². The Morgan fingerprint density at radius 1 is 1.42 bits per heavy atom. The molecule has 1 unspecified atom stereocenters. The highest BCUT2D eigenvalue weighted by molar-refractivity contribution is 6.20. The molecule has 0 aliphatic heterocycles. The smallest absolute Gasteiger partial charge is 0.0463 e. The molecule has 0 aromatic rings. The molecular formula is C10H20ClN. The van der Waals surface area contributed by atoms with Gasteiger partial charge in [-0.1, -0.05) is 26.0 Å². The molecule has 72 valence electrons. The van der Waals surface area contributed by atoms with E-state index in [-0.39, 0.29) is 5.38 Å². The minimum Gasteiger partial charge on any atom is -0.312 e. The van der Waals surface area contributed by atoms with E-state index in [9.17, 15) is 0 Å². The summed E-state index contributed by atoms with van der Waals surface area (Å²) in [6.07, 6.45) is 5.22. The van der Waals surface area contributed by atoms with Gasteiger partial charge in [-0.2, -0.15) is 0 Å². The topological polar surface area (TPSA) is 12.0 Å². The van der Waals surface area contributed by atoms with Crippen molar-refractivity contribution in [3.8, 4) is 0 Å². The highest BCUT2D eigenvalue weighted by atomic mass is 35.5. The summed E-state index contributed by atoms with van der Waals surface area (Å²) in [5.41, 5.74) is 0. The van der Waals surface area contributed by atoms with Crippen molar-refractivity contribution in [3.63, 3.8) is 0 Å². The highest BCUT2D eigenvalue weighted by Gasteiger charge is 2.05. The Morgan fingerprint density at radius 3 is 2.58 bits per heavy atom. The lowest BCUT2D eigenvalue weighted by molar-refractivity contribution is 0.543. The lowest BCUT2D eigenvalue weighted by Crippen LogP contribution is -2.24. The number of alkyl halides is 1. The van der Waals surface area contributed by atoms with Crippen LogP contribution >= 0.6 is 11.6 Å². The summed E-state index contributed by atoms with van der Waals surface area (Å²) in [4.78, 5) is 0. The van der Waals surface area contributed by atoms with E-state index in [1.807, 2.05) is 13.0 Å². The van der Waals surface area contributed by atoms with E-state index in [0.29, 0.717) is 5.92 Å². The Kier molecular flexibility index (Phi) is 7.62. The minimum atomic E-state index is 0.273. The van der Waals surface area contributed by atoms with Crippen LogP contribution in [0.2, 0.25) is 0 Å². The van der Waals surface area contributed by atoms with E-state index < -0.39 is 0 Å². The molecule has 0 fully saturated rings. The summed E-state index contributed by atoms with van der Waals surface area (Å²) in [5, 5.41) is 3.55. The van der Waals surface area contributed by atoms with E-state index in [0.717, 1.165) is 19.5 Å². The van der Waals surface area contributed by atoms with Gasteiger partial charge in [0.15, 0.2) is 0 Å². The number of nitrogens with one attached hydrogen (secondary N) is 1. The lowest BCUT2D eigenvalue weighted by atomic mass is 10.1. The Bertz CT molecular complexity index is 121. The van der Waals surface area contributed by atoms with Gasteiger partial charge in [0, 0.05) is 18.5 Å². The van der Waals surface area contributed by atoms with Crippen LogP contribution in [0.1, 0.15) is 27.2 Å². The monoisotopic (exact) mass is 189 g/mol. The number of halogens is 1. The second-order valence-electron chi connectivity index (χ2n) is 3.45. The first-order valence-corrected chi connectivity index (χ1v) is 5.06. The Morgan fingerprint density at radius 2 is 2.08 bits per heavy atom. The van der Waals surface area contributed by atoms with Gasteiger partial charge in [-0.05, 0) is 19.3 Å². The number of hydrogen-bond acceptors (Lipinski definition) is 1. The third kappa shape index (κ3) is 8.09. The van der Waals surface area contributed by atoms with E-state index >= 15 is 0 Å². The zero-order valence-electron chi connectivity index (χ0n) is 8.31. The summed E-state index contributed by atoms with van der Waals surface area (Å²) in [6, 6.07) is 0. The van der Waals surface area contributed by atoms with Crippen molar-refractivity contribution in [2.75, 3.05) is 13.1 Å². The maximum Gasteiger partial charge on any atom is 0.0463 e. The van der Waals surface area contributed by atoms with Gasteiger partial charge < -0.3 is 5.32 Å². The maximum atomic E-state index is 6.07. The molecule has 0 amide bonds. The molecular weight excluding hydrogens is 170 g/mol. The Balaban J connectivity index is 3.25. The van der Waals surface area contributed by atoms with Crippen molar-refractivity contribution in [2.24, 2.45) is 5.92 Å². The molecule has 0 aromatic heterocycles. The third-order valence-electron chi connectivity index (χ3n) is 1.59. The van der Waals surface area contributed by atoms with Crippen LogP contribution in [-0.4, -0.2) is 18.5 Å². The van der Waals surface area contributed by atoms with Gasteiger partial charge in [0.2, 0.25) is 0 Å². The maximum absolute atomic E-state index is 6.07. The summed E-state index contributed by atoms with van der Waals surface area (Å²) >= 11 is 6.07. The molecule has 12 heavy (non-hydrogen) atoms. The Hall–Kier alpha value is -0.0100. The summed E-state index contributed by atoms with van der Waals surface area (Å²) < 4.78 is 0. The summed E-state index contributed by atoms with van der Waals surface area (Å²) in [7, 11) is 0. The predicted octanol–water partition coefficient (Wildman–Crippen LogP) is 2.81. The van der Waals surface area contributed by atoms with E-state index in [4.69, 9.17) is 11.6 Å². The normalized spacial score (nSPS) is 14.4. The largest absolute Gasteiger partial charge is 0.312 e. The quantitative estimate of drug-likeness (QED) is 0.385. The highest BCUT2D eigenvalue weighted by Crippen LogP contribution is 2.09. The summed E-state index contributed by atoms with van der Waals surface area (Å²) in [6.45, 7) is 8.25. The summed E-state index contributed by atoms with van der Waals surface area (Å²) in [5.74, 6) is 0.691. The van der Waals surface area contributed by atoms with E-state index in [1.165, 1.54) is 0 Å². The van der Waals surface area contributed by atoms with Crippen LogP contribution in [-0.2, 0) is 0 Å². The van der Waals surface area contributed by atoms with Crippen LogP contribution < -0.4 is 5.32 Å². The second-order valence-corrected chi connectivity index (χ2v) is 4.07. The average Bonchev–Trinajstić information content (AvgIpc) is 1.97. The van der Waals surface area contributed by atoms with Crippen LogP contribution in [0, 0.1) is 5.92 Å². The van der Waals surface area contributed by atoms with Crippen LogP contribution in [0.3, 0.4) is 0 Å².